The lowest BCUT2D eigenvalue weighted by atomic mass is 9.69. The van der Waals surface area contributed by atoms with Gasteiger partial charge < -0.3 is 15.5 Å². The number of benzene rings is 3. The van der Waals surface area contributed by atoms with E-state index in [4.69, 9.17) is 11.6 Å². The molecule has 11 heteroatoms. The Morgan fingerprint density at radius 2 is 1.79 bits per heavy atom. The number of aliphatic hydroxyl groups is 2. The van der Waals surface area contributed by atoms with Crippen molar-refractivity contribution in [2.75, 3.05) is 5.32 Å². The number of hydrogen-bond acceptors (Lipinski definition) is 6. The Kier molecular flexibility index (Phi) is 7.53. The number of hydrogen-bond donors (Lipinski definition) is 3. The molecule has 0 saturated heterocycles. The molecule has 7 nitrogen and oxygen atoms in total. The van der Waals surface area contributed by atoms with Crippen LogP contribution in [0.2, 0.25) is 5.02 Å². The average Bonchev–Trinajstić information content (AvgIpc) is 3.10. The van der Waals surface area contributed by atoms with Crippen LogP contribution in [0, 0.1) is 29.4 Å². The van der Waals surface area contributed by atoms with Gasteiger partial charge in [-0.05, 0) is 79.5 Å². The summed E-state index contributed by atoms with van der Waals surface area (Å²) in [5.41, 5.74) is -0.595. The van der Waals surface area contributed by atoms with Crippen molar-refractivity contribution in [2.24, 2.45) is 17.8 Å². The van der Waals surface area contributed by atoms with Crippen LogP contribution >= 0.6 is 11.6 Å². The maximum Gasteiger partial charge on any atom is 0.255 e. The van der Waals surface area contributed by atoms with Crippen LogP contribution in [-0.2, 0) is 9.84 Å². The third-order valence-electron chi connectivity index (χ3n) is 9.11. The summed E-state index contributed by atoms with van der Waals surface area (Å²) in [7, 11) is -4.08. The van der Waals surface area contributed by atoms with E-state index in [0.29, 0.717) is 17.6 Å². The summed E-state index contributed by atoms with van der Waals surface area (Å²) in [5, 5.41) is 25.9. The lowest BCUT2D eigenvalue weighted by Crippen LogP contribution is -2.52. The molecule has 2 saturated carbocycles. The SMILES string of the molecule is C[C@H]1CC2CC(S(=O)(=O)c3cc(C(=O)Nc4ccc(F)c(F)c4)ccc3Cl)CC1[C@@]2(O)C(O)c1ccc2ccccc2n1. The molecule has 2 aliphatic rings. The first-order valence-electron chi connectivity index (χ1n) is 14.0. The van der Waals surface area contributed by atoms with Crippen molar-refractivity contribution in [1.82, 2.24) is 4.98 Å². The summed E-state index contributed by atoms with van der Waals surface area (Å²) >= 11 is 6.35. The fourth-order valence-corrected chi connectivity index (χ4v) is 9.31. The maximum atomic E-state index is 14.0. The molecule has 1 amide bonds. The van der Waals surface area contributed by atoms with Gasteiger partial charge in [-0.1, -0.05) is 42.8 Å². The van der Waals surface area contributed by atoms with E-state index >= 15 is 0 Å². The predicted molar refractivity (Wildman–Crippen MR) is 158 cm³/mol. The molecule has 3 aromatic carbocycles. The van der Waals surface area contributed by atoms with Gasteiger partial charge in [-0.15, -0.1) is 0 Å². The molecule has 0 radical (unpaired) electrons. The summed E-state index contributed by atoms with van der Waals surface area (Å²) < 4.78 is 54.9. The molecule has 2 aliphatic carbocycles. The Balaban J connectivity index is 1.26. The van der Waals surface area contributed by atoms with Gasteiger partial charge in [0.15, 0.2) is 21.5 Å². The van der Waals surface area contributed by atoms with Crippen LogP contribution in [-0.4, -0.2) is 40.4 Å². The molecular weight excluding hydrogens is 598 g/mol. The van der Waals surface area contributed by atoms with Crippen molar-refractivity contribution in [3.05, 3.63) is 101 Å². The first-order chi connectivity index (χ1) is 20.4. The monoisotopic (exact) mass is 626 g/mol. The normalized spacial score (nSPS) is 25.9. The molecule has 4 aromatic rings. The van der Waals surface area contributed by atoms with Gasteiger partial charge in [0.1, 0.15) is 11.7 Å². The van der Waals surface area contributed by atoms with Crippen molar-refractivity contribution in [1.29, 1.82) is 0 Å². The van der Waals surface area contributed by atoms with E-state index in [9.17, 15) is 32.2 Å². The quantitative estimate of drug-likeness (QED) is 0.238. The van der Waals surface area contributed by atoms with E-state index in [1.807, 2.05) is 37.3 Å². The number of nitrogens with zero attached hydrogens (tertiary/aromatic N) is 1. The Morgan fingerprint density at radius 1 is 1.02 bits per heavy atom. The number of anilines is 1. The van der Waals surface area contributed by atoms with Crippen LogP contribution in [0.15, 0.2) is 77.7 Å². The van der Waals surface area contributed by atoms with Crippen LogP contribution in [0.1, 0.15) is 48.3 Å². The predicted octanol–water partition coefficient (Wildman–Crippen LogP) is 6.09. The van der Waals surface area contributed by atoms with Crippen molar-refractivity contribution in [3.8, 4) is 0 Å². The first kappa shape index (κ1) is 29.6. The zero-order chi connectivity index (χ0) is 30.7. The standard InChI is InChI=1S/C32H29ClF2N2O5S/c1-17-12-20-14-22(16-23(17)32(20,40)30(38)28-11-7-18-4-2-3-5-27(18)37-28)43(41,42)29-13-19(6-9-24(29)33)31(39)36-21-8-10-25(34)26(35)15-21/h2-11,13,15,17,20,22-23,30,38,40H,12,14,16H2,1H3,(H,36,39)/t17-,20?,22?,23?,30?,32+/m0/s1. The highest BCUT2D eigenvalue weighted by atomic mass is 35.5. The second kappa shape index (κ2) is 10.9. The Hall–Kier alpha value is -3.44. The largest absolute Gasteiger partial charge is 0.386 e. The van der Waals surface area contributed by atoms with E-state index in [2.05, 4.69) is 10.3 Å². The lowest BCUT2D eigenvalue weighted by molar-refractivity contribution is -0.149. The van der Waals surface area contributed by atoms with Crippen LogP contribution < -0.4 is 5.32 Å². The van der Waals surface area contributed by atoms with Crippen LogP contribution in [0.5, 0.6) is 0 Å². The highest BCUT2D eigenvalue weighted by molar-refractivity contribution is 7.92. The fraction of sp³-hybridized carbons (Fsp3) is 0.312. The number of aliphatic hydroxyl groups excluding tert-OH is 1. The molecule has 3 N–H and O–H groups in total. The van der Waals surface area contributed by atoms with Gasteiger partial charge in [-0.2, -0.15) is 0 Å². The van der Waals surface area contributed by atoms with Crippen molar-refractivity contribution in [3.63, 3.8) is 0 Å². The van der Waals surface area contributed by atoms with Gasteiger partial charge >= 0.3 is 0 Å². The van der Waals surface area contributed by atoms with E-state index in [0.717, 1.165) is 17.5 Å². The third kappa shape index (κ3) is 5.10. The smallest absolute Gasteiger partial charge is 0.255 e. The second-order valence-electron chi connectivity index (χ2n) is 11.6. The topological polar surface area (TPSA) is 117 Å². The summed E-state index contributed by atoms with van der Waals surface area (Å²) in [6.07, 6.45) is -0.607. The maximum absolute atomic E-state index is 14.0. The summed E-state index contributed by atoms with van der Waals surface area (Å²) in [4.78, 5) is 17.2. The Labute approximate surface area is 252 Å². The zero-order valence-corrected chi connectivity index (χ0v) is 24.6. The number of rotatable bonds is 6. The molecule has 224 valence electrons. The molecule has 0 spiro atoms. The van der Waals surface area contributed by atoms with E-state index in [1.54, 1.807) is 6.07 Å². The molecule has 1 heterocycles. The van der Waals surface area contributed by atoms with Crippen molar-refractivity contribution >= 4 is 43.9 Å². The average molecular weight is 627 g/mol. The van der Waals surface area contributed by atoms with Crippen LogP contribution in [0.25, 0.3) is 10.9 Å². The molecule has 2 fully saturated rings. The van der Waals surface area contributed by atoms with Crippen molar-refractivity contribution < 1.29 is 32.2 Å². The van der Waals surface area contributed by atoms with E-state index in [-0.39, 0.29) is 39.9 Å². The Bertz CT molecular complexity index is 1860. The molecule has 1 aromatic heterocycles. The molecule has 4 unspecified atom stereocenters. The minimum absolute atomic E-state index is 0.000141. The molecule has 2 bridgehead atoms. The van der Waals surface area contributed by atoms with E-state index in [1.165, 1.54) is 24.3 Å². The number of aromatic nitrogens is 1. The van der Waals surface area contributed by atoms with Gasteiger partial charge in [-0.25, -0.2) is 22.2 Å². The highest BCUT2D eigenvalue weighted by Crippen LogP contribution is 2.58. The molecule has 6 rings (SSSR count). The number of halogens is 3. The van der Waals surface area contributed by atoms with Gasteiger partial charge in [0.05, 0.1) is 26.4 Å². The number of amides is 1. The summed E-state index contributed by atoms with van der Waals surface area (Å²) in [6.45, 7) is 1.95. The minimum atomic E-state index is -4.08. The lowest BCUT2D eigenvalue weighted by Gasteiger charge is -2.45. The zero-order valence-electron chi connectivity index (χ0n) is 23.0. The highest BCUT2D eigenvalue weighted by Gasteiger charge is 2.62. The van der Waals surface area contributed by atoms with E-state index < -0.39 is 56.2 Å². The fourth-order valence-electron chi connectivity index (χ4n) is 6.93. The summed E-state index contributed by atoms with van der Waals surface area (Å²) in [5.74, 6) is -4.05. The molecular formula is C32H29ClF2N2O5S. The van der Waals surface area contributed by atoms with Gasteiger partial charge in [0.2, 0.25) is 0 Å². The number of para-hydroxylation sites is 1. The number of sulfone groups is 1. The molecule has 0 aliphatic heterocycles. The number of pyridine rings is 1. The molecule has 6 atom stereocenters. The number of carbonyl (C=O) groups excluding carboxylic acids is 1. The van der Waals surface area contributed by atoms with Crippen LogP contribution in [0.4, 0.5) is 14.5 Å². The number of nitrogens with one attached hydrogen (secondary N) is 1. The van der Waals surface area contributed by atoms with Gasteiger partial charge in [-0.3, -0.25) is 4.79 Å². The van der Waals surface area contributed by atoms with Crippen LogP contribution in [0.3, 0.4) is 0 Å². The summed E-state index contributed by atoms with van der Waals surface area (Å²) in [6, 6.07) is 17.7. The third-order valence-corrected chi connectivity index (χ3v) is 11.8. The van der Waals surface area contributed by atoms with Crippen molar-refractivity contribution in [2.45, 2.75) is 48.0 Å². The number of fused-ring (bicyclic) bond motifs is 3. The number of carbonyl (C=O) groups is 1. The minimum Gasteiger partial charge on any atom is -0.386 e. The Morgan fingerprint density at radius 3 is 2.53 bits per heavy atom. The van der Waals surface area contributed by atoms with Gasteiger partial charge in [0, 0.05) is 22.7 Å². The second-order valence-corrected chi connectivity index (χ2v) is 14.2. The first-order valence-corrected chi connectivity index (χ1v) is 15.9. The molecule has 43 heavy (non-hydrogen) atoms. The van der Waals surface area contributed by atoms with Gasteiger partial charge in [0.25, 0.3) is 5.91 Å².